The number of aromatic nitrogens is 1. The van der Waals surface area contributed by atoms with E-state index in [1.54, 1.807) is 31.5 Å². The smallest absolute Gasteiger partial charge is 0.173 e. The standard InChI is InChI=1S/C14H11F2NO/c1-9(10-4-6-17-7-5-10)14(18)12-8-11(15)2-3-13(12)16/h2-9H,1H3. The zero-order valence-corrected chi connectivity index (χ0v) is 9.73. The van der Waals surface area contributed by atoms with E-state index in [1.807, 2.05) is 0 Å². The molecule has 1 unspecified atom stereocenters. The van der Waals surface area contributed by atoms with Crippen LogP contribution in [0, 0.1) is 11.6 Å². The van der Waals surface area contributed by atoms with E-state index >= 15 is 0 Å². The molecule has 1 aromatic carbocycles. The molecule has 18 heavy (non-hydrogen) atoms. The number of hydrogen-bond donors (Lipinski definition) is 0. The van der Waals surface area contributed by atoms with Crippen LogP contribution in [0.5, 0.6) is 0 Å². The lowest BCUT2D eigenvalue weighted by Crippen LogP contribution is -2.12. The van der Waals surface area contributed by atoms with Gasteiger partial charge < -0.3 is 0 Å². The second-order valence-corrected chi connectivity index (χ2v) is 3.99. The average Bonchev–Trinajstić information content (AvgIpc) is 2.41. The van der Waals surface area contributed by atoms with Gasteiger partial charge >= 0.3 is 0 Å². The van der Waals surface area contributed by atoms with Crippen LogP contribution >= 0.6 is 0 Å². The molecule has 0 N–H and O–H groups in total. The number of rotatable bonds is 3. The molecule has 0 radical (unpaired) electrons. The third kappa shape index (κ3) is 2.42. The van der Waals surface area contributed by atoms with E-state index in [-0.39, 0.29) is 5.56 Å². The number of carbonyl (C=O) groups is 1. The Morgan fingerprint density at radius 2 is 1.83 bits per heavy atom. The number of halogens is 2. The van der Waals surface area contributed by atoms with Gasteiger partial charge in [0, 0.05) is 18.3 Å². The van der Waals surface area contributed by atoms with Gasteiger partial charge in [0.2, 0.25) is 0 Å². The lowest BCUT2D eigenvalue weighted by Gasteiger charge is -2.11. The summed E-state index contributed by atoms with van der Waals surface area (Å²) in [7, 11) is 0. The van der Waals surface area contributed by atoms with Gasteiger partial charge in [0.15, 0.2) is 5.78 Å². The fourth-order valence-electron chi connectivity index (χ4n) is 1.72. The first-order valence-corrected chi connectivity index (χ1v) is 5.49. The first-order chi connectivity index (χ1) is 8.59. The summed E-state index contributed by atoms with van der Waals surface area (Å²) in [4.78, 5) is 15.9. The van der Waals surface area contributed by atoms with Crippen LogP contribution in [-0.2, 0) is 0 Å². The van der Waals surface area contributed by atoms with Crippen LogP contribution in [0.1, 0.15) is 28.8 Å². The topological polar surface area (TPSA) is 30.0 Å². The van der Waals surface area contributed by atoms with Gasteiger partial charge in [-0.05, 0) is 35.9 Å². The Morgan fingerprint density at radius 3 is 2.50 bits per heavy atom. The molecule has 0 saturated carbocycles. The highest BCUT2D eigenvalue weighted by Gasteiger charge is 2.20. The Kier molecular flexibility index (Phi) is 3.46. The molecular formula is C14H11F2NO. The summed E-state index contributed by atoms with van der Waals surface area (Å²) >= 11 is 0. The van der Waals surface area contributed by atoms with Crippen molar-refractivity contribution in [3.05, 3.63) is 65.5 Å². The van der Waals surface area contributed by atoms with E-state index in [2.05, 4.69) is 4.98 Å². The number of nitrogens with zero attached hydrogens (tertiary/aromatic N) is 1. The molecule has 0 spiro atoms. The number of Topliss-reactive ketones (excluding diaryl/α,β-unsaturated/α-hetero) is 1. The maximum Gasteiger partial charge on any atom is 0.173 e. The quantitative estimate of drug-likeness (QED) is 0.778. The van der Waals surface area contributed by atoms with E-state index in [1.165, 1.54) is 0 Å². The van der Waals surface area contributed by atoms with Crippen molar-refractivity contribution in [3.63, 3.8) is 0 Å². The fraction of sp³-hybridized carbons (Fsp3) is 0.143. The molecule has 2 aromatic rings. The van der Waals surface area contributed by atoms with Gasteiger partial charge in [0.1, 0.15) is 11.6 Å². The maximum absolute atomic E-state index is 13.5. The molecular weight excluding hydrogens is 236 g/mol. The van der Waals surface area contributed by atoms with Crippen molar-refractivity contribution in [2.24, 2.45) is 0 Å². The van der Waals surface area contributed by atoms with Crippen molar-refractivity contribution in [2.75, 3.05) is 0 Å². The number of benzene rings is 1. The summed E-state index contributed by atoms with van der Waals surface area (Å²) in [5.74, 6) is -2.31. The summed E-state index contributed by atoms with van der Waals surface area (Å²) in [5, 5.41) is 0. The van der Waals surface area contributed by atoms with E-state index in [4.69, 9.17) is 0 Å². The van der Waals surface area contributed by atoms with Crippen molar-refractivity contribution >= 4 is 5.78 Å². The van der Waals surface area contributed by atoms with Crippen molar-refractivity contribution < 1.29 is 13.6 Å². The Morgan fingerprint density at radius 1 is 1.17 bits per heavy atom. The number of carbonyl (C=O) groups excluding carboxylic acids is 1. The van der Waals surface area contributed by atoms with Gasteiger partial charge in [-0.2, -0.15) is 0 Å². The molecule has 92 valence electrons. The molecule has 0 amide bonds. The Labute approximate surface area is 103 Å². The Hall–Kier alpha value is -2.10. The Balaban J connectivity index is 2.34. The summed E-state index contributed by atoms with van der Waals surface area (Å²) in [5.41, 5.74) is 0.498. The van der Waals surface area contributed by atoms with E-state index in [0.29, 0.717) is 0 Å². The Bertz CT molecular complexity index is 569. The van der Waals surface area contributed by atoms with Crippen LogP contribution in [0.3, 0.4) is 0 Å². The molecule has 1 atom stereocenters. The highest BCUT2D eigenvalue weighted by atomic mass is 19.1. The van der Waals surface area contributed by atoms with Gasteiger partial charge in [-0.1, -0.05) is 6.92 Å². The zero-order chi connectivity index (χ0) is 13.1. The summed E-state index contributed by atoms with van der Waals surface area (Å²) < 4.78 is 26.5. The first-order valence-electron chi connectivity index (χ1n) is 5.49. The van der Waals surface area contributed by atoms with Gasteiger partial charge in [-0.25, -0.2) is 8.78 Å². The predicted molar refractivity (Wildman–Crippen MR) is 63.3 cm³/mol. The minimum atomic E-state index is -0.706. The lowest BCUT2D eigenvalue weighted by molar-refractivity contribution is 0.0961. The van der Waals surface area contributed by atoms with E-state index in [9.17, 15) is 13.6 Å². The molecule has 2 rings (SSSR count). The second kappa shape index (κ2) is 5.04. The molecule has 0 aliphatic rings. The molecule has 1 aromatic heterocycles. The SMILES string of the molecule is CC(C(=O)c1cc(F)ccc1F)c1ccncc1. The van der Waals surface area contributed by atoms with Gasteiger partial charge in [0.05, 0.1) is 5.56 Å². The summed E-state index contributed by atoms with van der Waals surface area (Å²) in [6.45, 7) is 1.65. The van der Waals surface area contributed by atoms with Crippen LogP contribution in [0.25, 0.3) is 0 Å². The molecule has 0 fully saturated rings. The third-order valence-corrected chi connectivity index (χ3v) is 2.79. The zero-order valence-electron chi connectivity index (χ0n) is 9.73. The highest BCUT2D eigenvalue weighted by Crippen LogP contribution is 2.22. The molecule has 0 aliphatic carbocycles. The maximum atomic E-state index is 13.5. The van der Waals surface area contributed by atoms with Crippen molar-refractivity contribution in [3.8, 4) is 0 Å². The second-order valence-electron chi connectivity index (χ2n) is 3.99. The first kappa shape index (κ1) is 12.4. The lowest BCUT2D eigenvalue weighted by atomic mass is 9.93. The molecule has 0 bridgehead atoms. The van der Waals surface area contributed by atoms with Crippen LogP contribution in [0.2, 0.25) is 0 Å². The van der Waals surface area contributed by atoms with E-state index in [0.717, 1.165) is 23.8 Å². The molecule has 0 saturated heterocycles. The highest BCUT2D eigenvalue weighted by molar-refractivity contribution is 6.00. The summed E-state index contributed by atoms with van der Waals surface area (Å²) in [6.07, 6.45) is 3.11. The monoisotopic (exact) mass is 247 g/mol. The van der Waals surface area contributed by atoms with Crippen LogP contribution in [-0.4, -0.2) is 10.8 Å². The predicted octanol–water partition coefficient (Wildman–Crippen LogP) is 3.35. The fourth-order valence-corrected chi connectivity index (χ4v) is 1.72. The van der Waals surface area contributed by atoms with Crippen molar-refractivity contribution in [1.29, 1.82) is 0 Å². The van der Waals surface area contributed by atoms with Crippen molar-refractivity contribution in [2.45, 2.75) is 12.8 Å². The van der Waals surface area contributed by atoms with Gasteiger partial charge in [-0.3, -0.25) is 9.78 Å². The molecule has 1 heterocycles. The van der Waals surface area contributed by atoms with Crippen molar-refractivity contribution in [1.82, 2.24) is 4.98 Å². The van der Waals surface area contributed by atoms with Crippen LogP contribution < -0.4 is 0 Å². The number of hydrogen-bond acceptors (Lipinski definition) is 2. The van der Waals surface area contributed by atoms with Gasteiger partial charge in [0.25, 0.3) is 0 Å². The number of pyridine rings is 1. The third-order valence-electron chi connectivity index (χ3n) is 2.79. The molecule has 0 aliphatic heterocycles. The van der Waals surface area contributed by atoms with Gasteiger partial charge in [-0.15, -0.1) is 0 Å². The summed E-state index contributed by atoms with van der Waals surface area (Å²) in [6, 6.07) is 6.24. The molecule has 2 nitrogen and oxygen atoms in total. The average molecular weight is 247 g/mol. The number of ketones is 1. The molecule has 4 heteroatoms. The van der Waals surface area contributed by atoms with Crippen LogP contribution in [0.4, 0.5) is 8.78 Å². The van der Waals surface area contributed by atoms with Crippen LogP contribution in [0.15, 0.2) is 42.7 Å². The van der Waals surface area contributed by atoms with E-state index < -0.39 is 23.3 Å². The minimum absolute atomic E-state index is 0.223. The minimum Gasteiger partial charge on any atom is -0.293 e. The normalized spacial score (nSPS) is 12.2. The largest absolute Gasteiger partial charge is 0.293 e.